The topological polar surface area (TPSA) is 66.8 Å². The van der Waals surface area contributed by atoms with Crippen molar-refractivity contribution in [1.82, 2.24) is 4.90 Å². The van der Waals surface area contributed by atoms with Gasteiger partial charge in [-0.05, 0) is 17.7 Å². The predicted octanol–water partition coefficient (Wildman–Crippen LogP) is 1.05. The number of nitrogens with zero attached hydrogens (tertiary/aromatic N) is 1. The maximum atomic E-state index is 13.4. The highest BCUT2D eigenvalue weighted by Crippen LogP contribution is 2.24. The van der Waals surface area contributed by atoms with Crippen molar-refractivity contribution in [3.05, 3.63) is 29.6 Å². The van der Waals surface area contributed by atoms with E-state index in [1.54, 1.807) is 0 Å². The Labute approximate surface area is 97.4 Å². The highest BCUT2D eigenvalue weighted by Gasteiger charge is 2.24. The second kappa shape index (κ2) is 5.29. The molecule has 6 heteroatoms. The summed E-state index contributed by atoms with van der Waals surface area (Å²) in [5.74, 6) is -1.88. The van der Waals surface area contributed by atoms with Crippen molar-refractivity contribution in [3.8, 4) is 5.75 Å². The molecule has 0 aliphatic carbocycles. The van der Waals surface area contributed by atoms with Crippen LogP contribution in [0.15, 0.2) is 18.2 Å². The Morgan fingerprint density at radius 2 is 2.24 bits per heavy atom. The van der Waals surface area contributed by atoms with Crippen molar-refractivity contribution in [1.29, 1.82) is 0 Å². The Bertz CT molecular complexity index is 435. The number of carbonyl (C=O) groups excluding carboxylic acids is 1. The SMILES string of the molecule is COc1ccc(C(C(=O)O)N(C)C=O)cc1F. The van der Waals surface area contributed by atoms with Gasteiger partial charge in [-0.15, -0.1) is 0 Å². The van der Waals surface area contributed by atoms with Gasteiger partial charge in [-0.3, -0.25) is 4.79 Å². The van der Waals surface area contributed by atoms with Crippen LogP contribution in [0.3, 0.4) is 0 Å². The van der Waals surface area contributed by atoms with Gasteiger partial charge in [0.1, 0.15) is 0 Å². The van der Waals surface area contributed by atoms with Crippen LogP contribution in [0.5, 0.6) is 5.75 Å². The van der Waals surface area contributed by atoms with Crippen LogP contribution in [0.25, 0.3) is 0 Å². The number of carboxylic acid groups (broad SMARTS) is 1. The maximum absolute atomic E-state index is 13.4. The van der Waals surface area contributed by atoms with Gasteiger partial charge in [0.15, 0.2) is 17.6 Å². The van der Waals surface area contributed by atoms with E-state index in [1.807, 2.05) is 0 Å². The third kappa shape index (κ3) is 2.72. The fourth-order valence-corrected chi connectivity index (χ4v) is 1.47. The van der Waals surface area contributed by atoms with E-state index in [-0.39, 0.29) is 11.3 Å². The minimum atomic E-state index is -1.23. The highest BCUT2D eigenvalue weighted by atomic mass is 19.1. The average Bonchev–Trinajstić information content (AvgIpc) is 2.28. The molecule has 5 nitrogen and oxygen atoms in total. The lowest BCUT2D eigenvalue weighted by Crippen LogP contribution is -2.29. The Morgan fingerprint density at radius 1 is 1.59 bits per heavy atom. The quantitative estimate of drug-likeness (QED) is 0.782. The molecule has 0 aliphatic heterocycles. The average molecular weight is 241 g/mol. The summed E-state index contributed by atoms with van der Waals surface area (Å²) in [6, 6.07) is 2.55. The number of hydrogen-bond acceptors (Lipinski definition) is 3. The van der Waals surface area contributed by atoms with Crippen molar-refractivity contribution >= 4 is 12.4 Å². The number of aliphatic carboxylic acids is 1. The van der Waals surface area contributed by atoms with Crippen LogP contribution in [0.4, 0.5) is 4.39 Å². The summed E-state index contributed by atoms with van der Waals surface area (Å²) in [6.45, 7) is 0. The molecule has 1 amide bonds. The molecule has 0 bridgehead atoms. The number of rotatable bonds is 5. The Balaban J connectivity index is 3.15. The summed E-state index contributed by atoms with van der Waals surface area (Å²) in [6.07, 6.45) is 0.376. The molecule has 0 saturated heterocycles. The van der Waals surface area contributed by atoms with Gasteiger partial charge >= 0.3 is 5.97 Å². The molecule has 0 radical (unpaired) electrons. The second-order valence-electron chi connectivity index (χ2n) is 3.41. The molecule has 1 rings (SSSR count). The number of ether oxygens (including phenoxy) is 1. The van der Waals surface area contributed by atoms with E-state index in [9.17, 15) is 14.0 Å². The van der Waals surface area contributed by atoms with E-state index in [0.29, 0.717) is 6.41 Å². The van der Waals surface area contributed by atoms with E-state index in [2.05, 4.69) is 0 Å². The van der Waals surface area contributed by atoms with E-state index in [0.717, 1.165) is 11.0 Å². The fraction of sp³-hybridized carbons (Fsp3) is 0.273. The zero-order valence-electron chi connectivity index (χ0n) is 9.38. The number of amides is 1. The van der Waals surface area contributed by atoms with Gasteiger partial charge in [-0.25, -0.2) is 9.18 Å². The monoisotopic (exact) mass is 241 g/mol. The summed E-state index contributed by atoms with van der Waals surface area (Å²) in [7, 11) is 2.62. The molecule has 0 aromatic heterocycles. The first-order chi connectivity index (χ1) is 8.01. The Morgan fingerprint density at radius 3 is 2.65 bits per heavy atom. The van der Waals surface area contributed by atoms with Crippen molar-refractivity contribution in [2.45, 2.75) is 6.04 Å². The zero-order chi connectivity index (χ0) is 13.0. The molecule has 92 valence electrons. The van der Waals surface area contributed by atoms with Crippen molar-refractivity contribution < 1.29 is 23.8 Å². The van der Waals surface area contributed by atoms with Crippen LogP contribution in [0, 0.1) is 5.82 Å². The van der Waals surface area contributed by atoms with Gasteiger partial charge in [-0.2, -0.15) is 0 Å². The normalized spacial score (nSPS) is 11.7. The van der Waals surface area contributed by atoms with Gasteiger partial charge in [0.05, 0.1) is 7.11 Å². The highest BCUT2D eigenvalue weighted by molar-refractivity contribution is 5.78. The third-order valence-corrected chi connectivity index (χ3v) is 2.30. The molecule has 0 fully saturated rings. The summed E-state index contributed by atoms with van der Waals surface area (Å²) in [5.41, 5.74) is 0.172. The number of likely N-dealkylation sites (N-methyl/N-ethyl adjacent to an activating group) is 1. The van der Waals surface area contributed by atoms with Crippen molar-refractivity contribution in [3.63, 3.8) is 0 Å². The van der Waals surface area contributed by atoms with E-state index in [1.165, 1.54) is 26.3 Å². The molecule has 0 saturated carbocycles. The molecular formula is C11H12FNO4. The lowest BCUT2D eigenvalue weighted by molar-refractivity contribution is -0.145. The molecule has 1 atom stereocenters. The third-order valence-electron chi connectivity index (χ3n) is 2.30. The second-order valence-corrected chi connectivity index (χ2v) is 3.41. The van der Waals surface area contributed by atoms with E-state index >= 15 is 0 Å². The molecule has 0 spiro atoms. The lowest BCUT2D eigenvalue weighted by atomic mass is 10.1. The smallest absolute Gasteiger partial charge is 0.331 e. The largest absolute Gasteiger partial charge is 0.494 e. The van der Waals surface area contributed by atoms with Gasteiger partial charge < -0.3 is 14.7 Å². The van der Waals surface area contributed by atoms with Gasteiger partial charge in [-0.1, -0.05) is 6.07 Å². The van der Waals surface area contributed by atoms with Gasteiger partial charge in [0, 0.05) is 7.05 Å². The zero-order valence-corrected chi connectivity index (χ0v) is 9.38. The number of hydrogen-bond donors (Lipinski definition) is 1. The first-order valence-corrected chi connectivity index (χ1v) is 4.74. The molecular weight excluding hydrogens is 229 g/mol. The van der Waals surface area contributed by atoms with E-state index in [4.69, 9.17) is 9.84 Å². The minimum absolute atomic E-state index is 0.0200. The molecule has 0 aliphatic rings. The van der Waals surface area contributed by atoms with Crippen LogP contribution in [0.2, 0.25) is 0 Å². The fourth-order valence-electron chi connectivity index (χ4n) is 1.47. The molecule has 1 N–H and O–H groups in total. The Kier molecular flexibility index (Phi) is 4.03. The first-order valence-electron chi connectivity index (χ1n) is 4.74. The molecule has 0 heterocycles. The van der Waals surface area contributed by atoms with Crippen LogP contribution >= 0.6 is 0 Å². The van der Waals surface area contributed by atoms with Gasteiger partial charge in [0.2, 0.25) is 6.41 Å². The van der Waals surface area contributed by atoms with E-state index < -0.39 is 17.8 Å². The van der Waals surface area contributed by atoms with Crippen LogP contribution in [-0.4, -0.2) is 36.5 Å². The number of carboxylic acids is 1. The molecule has 1 aromatic rings. The molecule has 17 heavy (non-hydrogen) atoms. The summed E-state index contributed by atoms with van der Waals surface area (Å²) in [4.78, 5) is 22.5. The predicted molar refractivity (Wildman–Crippen MR) is 57.2 cm³/mol. The minimum Gasteiger partial charge on any atom is -0.494 e. The van der Waals surface area contributed by atoms with Crippen LogP contribution < -0.4 is 4.74 Å². The summed E-state index contributed by atoms with van der Waals surface area (Å²) in [5, 5.41) is 8.99. The molecule has 1 aromatic carbocycles. The maximum Gasteiger partial charge on any atom is 0.331 e. The van der Waals surface area contributed by atoms with Gasteiger partial charge in [0.25, 0.3) is 0 Å². The van der Waals surface area contributed by atoms with Crippen molar-refractivity contribution in [2.24, 2.45) is 0 Å². The summed E-state index contributed by atoms with van der Waals surface area (Å²) < 4.78 is 18.1. The number of methoxy groups -OCH3 is 1. The van der Waals surface area contributed by atoms with Crippen LogP contribution in [-0.2, 0) is 9.59 Å². The number of benzene rings is 1. The first kappa shape index (κ1) is 13.0. The standard InChI is InChI=1S/C11H12FNO4/c1-13(6-14)10(11(15)16)7-3-4-9(17-2)8(12)5-7/h3-6,10H,1-2H3,(H,15,16). The summed E-state index contributed by atoms with van der Waals surface area (Å²) >= 11 is 0. The van der Waals surface area contributed by atoms with Crippen molar-refractivity contribution in [2.75, 3.05) is 14.2 Å². The number of halogens is 1. The molecule has 1 unspecified atom stereocenters. The number of carbonyl (C=O) groups is 2. The van der Waals surface area contributed by atoms with Crippen LogP contribution in [0.1, 0.15) is 11.6 Å². The Hall–Kier alpha value is -2.11. The lowest BCUT2D eigenvalue weighted by Gasteiger charge is -2.21.